The molecular weight excluding hydrogens is 1460 g/mol. The minimum absolute atomic E-state index is 0.163. The third-order valence-electron chi connectivity index (χ3n) is 24.6. The molecule has 0 bridgehead atoms. The maximum absolute atomic E-state index is 12.3. The van der Waals surface area contributed by atoms with Gasteiger partial charge in [-0.25, -0.2) is 0 Å². The Bertz CT molecular complexity index is 7520. The predicted molar refractivity (Wildman–Crippen MR) is 526 cm³/mol. The fraction of sp³-hybridized carbons (Fsp3) is 0.276. The van der Waals surface area contributed by atoms with Crippen molar-refractivity contribution in [3.8, 4) is 67.0 Å². The fourth-order valence-corrected chi connectivity index (χ4v) is 17.7. The summed E-state index contributed by atoms with van der Waals surface area (Å²) < 4.78 is 229. The molecule has 121 heavy (non-hydrogen) atoms. The topological polar surface area (TPSA) is 16.3 Å². The molecule has 0 unspecified atom stereocenters. The molecule has 2 aromatic heterocycles. The summed E-state index contributed by atoms with van der Waals surface area (Å²) in [5.74, 6) is 0. The quantitative estimate of drug-likeness (QED) is 0.134. The number of aromatic nitrogens is 2. The standard InChI is InChI=1S/C116H119BN4/c1-109(2,3)77-41-33-37-72(59-77)91-65-82(114(16,17)18)66-92(73-38-34-42-78(60-73)110(4,5)6)107(91)120-102-70-84(118-98-49-29-25-45-87(98)88-46-26-30-50-99(88)118)54-57-96(102)117-97-58-55-85(119-100-51-31-27-47-89(100)90-48-28-32-52-101(90)119)71-103(97)121(105-64-76(63-104(120)106(105)117)86-56-53-81(113(13,14)15)69-95(86)116(22,23)24)108-93(74-39-35-43-79(61-74)111(7,8)9)67-83(115(19,20)21)68-94(108)75-40-36-44-80(62-75)112(10,11)12/h25-71H,1-24H3/i25D,26D,27D,28D,29D,30D,31D,32D,45D,46D,47D,48D,49D,50D,51D,52D,54D,55D,57D,58D,70D,71D. The highest BCUT2D eigenvalue weighted by Crippen LogP contribution is 2.57. The molecule has 2 aliphatic rings. The third-order valence-corrected chi connectivity index (χ3v) is 24.6. The zero-order valence-corrected chi connectivity index (χ0v) is 74.3. The molecule has 0 atom stereocenters. The van der Waals surface area contributed by atoms with Crippen LogP contribution in [0.5, 0.6) is 0 Å². The van der Waals surface area contributed by atoms with E-state index < -0.39 is 216 Å². The number of hydrogen-bond acceptors (Lipinski definition) is 2. The summed E-state index contributed by atoms with van der Waals surface area (Å²) in [5, 5.41) is -1.42. The predicted octanol–water partition coefficient (Wildman–Crippen LogP) is 30.7. The number of rotatable bonds is 9. The zero-order valence-electron chi connectivity index (χ0n) is 96.3. The lowest BCUT2D eigenvalue weighted by Gasteiger charge is -2.46. The van der Waals surface area contributed by atoms with Gasteiger partial charge in [0.15, 0.2) is 0 Å². The Balaban J connectivity index is 1.20. The van der Waals surface area contributed by atoms with Crippen LogP contribution < -0.4 is 26.2 Å². The first-order valence-electron chi connectivity index (χ1n) is 53.3. The van der Waals surface area contributed by atoms with Crippen LogP contribution in [0.1, 0.15) is 241 Å². The van der Waals surface area contributed by atoms with Crippen LogP contribution in [-0.2, 0) is 43.3 Å². The molecule has 0 fully saturated rings. The molecule has 5 heteroatoms. The van der Waals surface area contributed by atoms with E-state index in [1.807, 2.05) is 58.3 Å². The van der Waals surface area contributed by atoms with E-state index in [4.69, 9.17) is 0 Å². The van der Waals surface area contributed by atoms with E-state index in [1.54, 1.807) is 0 Å². The van der Waals surface area contributed by atoms with E-state index in [1.165, 1.54) is 0 Å². The first-order chi connectivity index (χ1) is 66.2. The first kappa shape index (κ1) is 58.3. The Morgan fingerprint density at radius 2 is 0.537 bits per heavy atom. The van der Waals surface area contributed by atoms with Crippen LogP contribution in [0.15, 0.2) is 285 Å². The van der Waals surface area contributed by atoms with Crippen molar-refractivity contribution in [1.29, 1.82) is 0 Å². The molecule has 0 amide bonds. The molecule has 18 rings (SSSR count). The second-order valence-electron chi connectivity index (χ2n) is 41.5. The van der Waals surface area contributed by atoms with Crippen LogP contribution in [0, 0.1) is 0 Å². The highest BCUT2D eigenvalue weighted by atomic mass is 15.2. The minimum atomic E-state index is -1.73. The summed E-state index contributed by atoms with van der Waals surface area (Å²) in [6, 6.07) is 36.6. The molecule has 0 spiro atoms. The van der Waals surface area contributed by atoms with Gasteiger partial charge in [0, 0.05) is 77.9 Å². The van der Waals surface area contributed by atoms with Crippen molar-refractivity contribution in [1.82, 2.24) is 9.13 Å². The van der Waals surface area contributed by atoms with Crippen molar-refractivity contribution in [3.63, 3.8) is 0 Å². The van der Waals surface area contributed by atoms with E-state index in [0.29, 0.717) is 72.5 Å². The van der Waals surface area contributed by atoms with Crippen LogP contribution in [0.25, 0.3) is 111 Å². The molecule has 2 aliphatic heterocycles. The average molecular weight is 1600 g/mol. The number of fused-ring (bicyclic) bond motifs is 10. The molecule has 4 heterocycles. The molecule has 0 saturated carbocycles. The monoisotopic (exact) mass is 1600 g/mol. The number of anilines is 6. The fourth-order valence-electron chi connectivity index (χ4n) is 17.7. The average Bonchev–Trinajstić information content (AvgIpc) is 1.60. The van der Waals surface area contributed by atoms with Crippen molar-refractivity contribution in [2.24, 2.45) is 0 Å². The molecule has 606 valence electrons. The van der Waals surface area contributed by atoms with Gasteiger partial charge in [-0.05, 0) is 222 Å². The molecule has 14 aromatic carbocycles. The third kappa shape index (κ3) is 14.0. The van der Waals surface area contributed by atoms with Crippen LogP contribution in [0.4, 0.5) is 34.1 Å². The summed E-state index contributed by atoms with van der Waals surface area (Å²) in [6.45, 7) is 49.7. The highest BCUT2D eigenvalue weighted by molar-refractivity contribution is 7.00. The van der Waals surface area contributed by atoms with Gasteiger partial charge in [-0.2, -0.15) is 0 Å². The number of hydrogen-bond donors (Lipinski definition) is 0. The second-order valence-corrected chi connectivity index (χ2v) is 41.5. The first-order valence-corrected chi connectivity index (χ1v) is 42.3. The van der Waals surface area contributed by atoms with Crippen molar-refractivity contribution < 1.29 is 30.2 Å². The lowest BCUT2D eigenvalue weighted by Crippen LogP contribution is -2.61. The van der Waals surface area contributed by atoms with Gasteiger partial charge < -0.3 is 18.9 Å². The summed E-state index contributed by atoms with van der Waals surface area (Å²) >= 11 is 0. The van der Waals surface area contributed by atoms with Crippen molar-refractivity contribution in [2.45, 2.75) is 209 Å². The van der Waals surface area contributed by atoms with Crippen LogP contribution in [0.3, 0.4) is 0 Å². The van der Waals surface area contributed by atoms with E-state index in [-0.39, 0.29) is 55.2 Å². The number of nitrogens with zero attached hydrogens (tertiary/aromatic N) is 4. The Hall–Kier alpha value is -11.7. The highest BCUT2D eigenvalue weighted by Gasteiger charge is 2.47. The number of para-hydroxylation sites is 4. The van der Waals surface area contributed by atoms with Gasteiger partial charge in [0.05, 0.1) is 63.6 Å². The molecule has 0 N–H and O–H groups in total. The Morgan fingerprint density at radius 3 is 0.826 bits per heavy atom. The molecule has 0 aliphatic carbocycles. The maximum Gasteiger partial charge on any atom is 0.252 e. The van der Waals surface area contributed by atoms with Crippen molar-refractivity contribution in [3.05, 3.63) is 329 Å². The summed E-state index contributed by atoms with van der Waals surface area (Å²) in [5.41, 5.74) is 7.61. The van der Waals surface area contributed by atoms with Crippen molar-refractivity contribution >= 4 is 101 Å². The molecule has 0 saturated heterocycles. The van der Waals surface area contributed by atoms with Crippen LogP contribution >= 0.6 is 0 Å². The minimum Gasteiger partial charge on any atom is -0.310 e. The largest absolute Gasteiger partial charge is 0.310 e. The van der Waals surface area contributed by atoms with Gasteiger partial charge >= 0.3 is 0 Å². The molecular formula is C116H119BN4. The lowest BCUT2D eigenvalue weighted by molar-refractivity contribution is 0.569. The summed E-state index contributed by atoms with van der Waals surface area (Å²) in [7, 11) is 0. The molecule has 0 radical (unpaired) electrons. The van der Waals surface area contributed by atoms with Gasteiger partial charge in [0.2, 0.25) is 0 Å². The van der Waals surface area contributed by atoms with Gasteiger partial charge in [0.1, 0.15) is 0 Å². The molecule has 16 aromatic rings. The van der Waals surface area contributed by atoms with Gasteiger partial charge in [0.25, 0.3) is 6.71 Å². The number of benzene rings is 14. The van der Waals surface area contributed by atoms with Gasteiger partial charge in [-0.1, -0.05) is 366 Å². The van der Waals surface area contributed by atoms with E-state index in [0.717, 1.165) is 53.6 Å². The Morgan fingerprint density at radius 1 is 0.248 bits per heavy atom. The second kappa shape index (κ2) is 28.5. The van der Waals surface area contributed by atoms with E-state index >= 15 is 0 Å². The maximum atomic E-state index is 12.3. The summed E-state index contributed by atoms with van der Waals surface area (Å²) in [4.78, 5) is 3.96. The normalized spacial score (nSPS) is 16.1. The Labute approximate surface area is 752 Å². The smallest absolute Gasteiger partial charge is 0.252 e. The van der Waals surface area contributed by atoms with Crippen LogP contribution in [-0.4, -0.2) is 15.8 Å². The lowest BCUT2D eigenvalue weighted by atomic mass is 9.33. The van der Waals surface area contributed by atoms with Gasteiger partial charge in [-0.3, -0.25) is 0 Å². The summed E-state index contributed by atoms with van der Waals surface area (Å²) in [6.07, 6.45) is 0. The van der Waals surface area contributed by atoms with E-state index in [9.17, 15) is 30.2 Å². The van der Waals surface area contributed by atoms with E-state index in [2.05, 4.69) is 269 Å². The van der Waals surface area contributed by atoms with Gasteiger partial charge in [-0.15, -0.1) is 0 Å². The zero-order chi connectivity index (χ0) is 105. The molecule has 4 nitrogen and oxygen atoms in total. The SMILES string of the molecule is [2H]c1c([2H])c(-n2c3c([2H])c([2H])c([2H])c([2H])c3c3c([2H])c([2H])c([2H])c([2H])c32)c([2H])c2c1B1c3c(cc(-c4ccc(C(C)(C)C)cc4C(C)(C)C)cc3N(c3c(-c4cccc(C(C)(C)C)c4)cc(C(C)(C)C)cc3-c3cccc(C(C)(C)C)c3)c3c([2H])c(-n4c5c([2H])c([2H])c([2H])c([2H])c5c5c([2H])c([2H])c([2H])c([2H])c54)c([2H])c([2H])c31)N2c1c(-c2cccc(C(C)(C)C)c2)cc(C(C)(C)C)cc1-c1cccc(C(C)(C)C)c1. The Kier molecular flexibility index (Phi) is 13.7. The van der Waals surface area contributed by atoms with Crippen molar-refractivity contribution in [2.75, 3.05) is 9.80 Å². The van der Waals surface area contributed by atoms with Crippen LogP contribution in [0.2, 0.25) is 0 Å².